The fraction of sp³-hybridized carbons (Fsp3) is 0.263. The number of nitrogens with zero attached hydrogens (tertiary/aromatic N) is 1. The zero-order valence-corrected chi connectivity index (χ0v) is 16.0. The summed E-state index contributed by atoms with van der Waals surface area (Å²) in [6, 6.07) is 8.96. The fourth-order valence-corrected chi connectivity index (χ4v) is 3.28. The number of rotatable bonds is 6. The number of para-hydroxylation sites is 1. The van der Waals surface area contributed by atoms with Gasteiger partial charge in [-0.2, -0.15) is 5.26 Å². The van der Waals surface area contributed by atoms with E-state index in [1.165, 1.54) is 6.07 Å². The molecule has 0 fully saturated rings. The summed E-state index contributed by atoms with van der Waals surface area (Å²) < 4.78 is 4.96. The Morgan fingerprint density at radius 2 is 1.89 bits per heavy atom. The first-order valence-corrected chi connectivity index (χ1v) is 9.09. The van der Waals surface area contributed by atoms with Gasteiger partial charge < -0.3 is 15.0 Å². The van der Waals surface area contributed by atoms with Crippen molar-refractivity contribution in [2.24, 2.45) is 0 Å². The number of aromatic amines is 1. The molecule has 0 atom stereocenters. The quantitative estimate of drug-likeness (QED) is 0.583. The van der Waals surface area contributed by atoms with Crippen molar-refractivity contribution in [3.05, 3.63) is 56.9 Å². The number of esters is 1. The third-order valence-corrected chi connectivity index (χ3v) is 4.74. The zero-order valence-electron chi connectivity index (χ0n) is 15.2. The molecule has 27 heavy (non-hydrogen) atoms. The lowest BCUT2D eigenvalue weighted by Gasteiger charge is -2.11. The molecule has 0 bridgehead atoms. The van der Waals surface area contributed by atoms with Gasteiger partial charge in [0.1, 0.15) is 6.07 Å². The van der Waals surface area contributed by atoms with E-state index in [1.54, 1.807) is 6.92 Å². The van der Waals surface area contributed by atoms with E-state index in [-0.39, 0.29) is 11.3 Å². The molecule has 1 aromatic carbocycles. The van der Waals surface area contributed by atoms with Gasteiger partial charge in [0.15, 0.2) is 6.61 Å². The summed E-state index contributed by atoms with van der Waals surface area (Å²) in [6.07, 6.45) is 0. The first-order chi connectivity index (χ1) is 12.8. The molecule has 0 aliphatic carbocycles. The second-order valence-corrected chi connectivity index (χ2v) is 6.88. The number of amides is 1. The highest BCUT2D eigenvalue weighted by atomic mass is 32.2. The van der Waals surface area contributed by atoms with Gasteiger partial charge in [0.2, 0.25) is 5.56 Å². The smallest absolute Gasteiger partial charge is 0.316 e. The normalized spacial score (nSPS) is 10.1. The third kappa shape index (κ3) is 5.46. The van der Waals surface area contributed by atoms with Gasteiger partial charge in [0.05, 0.1) is 16.3 Å². The van der Waals surface area contributed by atoms with Crippen LogP contribution in [-0.4, -0.2) is 29.2 Å². The molecule has 140 valence electrons. The van der Waals surface area contributed by atoms with Crippen molar-refractivity contribution in [2.75, 3.05) is 17.7 Å². The third-order valence-electron chi connectivity index (χ3n) is 3.76. The van der Waals surface area contributed by atoms with E-state index in [0.29, 0.717) is 21.8 Å². The van der Waals surface area contributed by atoms with Crippen molar-refractivity contribution in [1.29, 1.82) is 5.26 Å². The van der Waals surface area contributed by atoms with Crippen LogP contribution in [0.5, 0.6) is 0 Å². The number of nitrogens with one attached hydrogen (secondary N) is 2. The van der Waals surface area contributed by atoms with Crippen LogP contribution in [0.15, 0.2) is 34.1 Å². The summed E-state index contributed by atoms with van der Waals surface area (Å²) in [5.41, 5.74) is 3.01. The molecule has 0 saturated carbocycles. The van der Waals surface area contributed by atoms with Crippen LogP contribution in [0, 0.1) is 32.1 Å². The first-order valence-electron chi connectivity index (χ1n) is 8.10. The Hall–Kier alpha value is -3.05. The second-order valence-electron chi connectivity index (χ2n) is 5.90. The topological polar surface area (TPSA) is 112 Å². The van der Waals surface area contributed by atoms with Crippen LogP contribution in [0.2, 0.25) is 0 Å². The lowest BCUT2D eigenvalue weighted by molar-refractivity contribution is -0.144. The second kappa shape index (κ2) is 9.05. The van der Waals surface area contributed by atoms with Crippen molar-refractivity contribution < 1.29 is 14.3 Å². The number of H-pyrrole nitrogens is 1. The van der Waals surface area contributed by atoms with Crippen molar-refractivity contribution in [1.82, 2.24) is 4.98 Å². The molecule has 1 heterocycles. The van der Waals surface area contributed by atoms with Crippen molar-refractivity contribution in [3.8, 4) is 6.07 Å². The number of ether oxygens (including phenoxy) is 1. The van der Waals surface area contributed by atoms with Gasteiger partial charge in [-0.15, -0.1) is 0 Å². The Bertz CT molecular complexity index is 956. The van der Waals surface area contributed by atoms with Crippen LogP contribution >= 0.6 is 11.8 Å². The Morgan fingerprint density at radius 1 is 1.22 bits per heavy atom. The van der Waals surface area contributed by atoms with E-state index in [9.17, 15) is 14.4 Å². The van der Waals surface area contributed by atoms with E-state index in [4.69, 9.17) is 10.00 Å². The summed E-state index contributed by atoms with van der Waals surface area (Å²) in [4.78, 5) is 37.9. The molecule has 0 unspecified atom stereocenters. The van der Waals surface area contributed by atoms with Gasteiger partial charge in [0, 0.05) is 11.8 Å². The number of nitriles is 1. The number of carbonyl (C=O) groups is 2. The van der Waals surface area contributed by atoms with Crippen LogP contribution in [0.3, 0.4) is 0 Å². The molecule has 7 nitrogen and oxygen atoms in total. The summed E-state index contributed by atoms with van der Waals surface area (Å²) in [5.74, 6) is -1.19. The van der Waals surface area contributed by atoms with Gasteiger partial charge in [-0.05, 0) is 37.5 Å². The van der Waals surface area contributed by atoms with Crippen LogP contribution in [-0.2, 0) is 14.3 Å². The van der Waals surface area contributed by atoms with Crippen LogP contribution in [0.4, 0.5) is 5.69 Å². The molecule has 1 aromatic heterocycles. The molecule has 0 saturated heterocycles. The molecular formula is C19H19N3O4S. The van der Waals surface area contributed by atoms with Crippen LogP contribution < -0.4 is 10.9 Å². The Morgan fingerprint density at radius 3 is 2.52 bits per heavy atom. The van der Waals surface area contributed by atoms with E-state index in [1.807, 2.05) is 38.1 Å². The lowest BCUT2D eigenvalue weighted by Crippen LogP contribution is -2.22. The molecule has 2 N–H and O–H groups in total. The maximum atomic E-state index is 12.0. The summed E-state index contributed by atoms with van der Waals surface area (Å²) in [6.45, 7) is 4.98. The minimum absolute atomic E-state index is 0.134. The maximum Gasteiger partial charge on any atom is 0.316 e. The SMILES string of the molecule is Cc1cc(=O)[nH]c(SCC(=O)OCC(=O)Nc2c(C)cccc2C)c1C#N. The molecular weight excluding hydrogens is 366 g/mol. The highest BCUT2D eigenvalue weighted by Crippen LogP contribution is 2.21. The summed E-state index contributed by atoms with van der Waals surface area (Å²) >= 11 is 0.984. The number of aromatic nitrogens is 1. The van der Waals surface area contributed by atoms with Crippen molar-refractivity contribution >= 4 is 29.3 Å². The predicted molar refractivity (Wildman–Crippen MR) is 103 cm³/mol. The number of thioether (sulfide) groups is 1. The highest BCUT2D eigenvalue weighted by Gasteiger charge is 2.13. The number of benzene rings is 1. The molecule has 0 radical (unpaired) electrons. The molecule has 2 aromatic rings. The summed E-state index contributed by atoms with van der Waals surface area (Å²) in [7, 11) is 0. The van der Waals surface area contributed by atoms with Gasteiger partial charge in [0.25, 0.3) is 5.91 Å². The lowest BCUT2D eigenvalue weighted by atomic mass is 10.1. The predicted octanol–water partition coefficient (Wildman–Crippen LogP) is 2.45. The van der Waals surface area contributed by atoms with E-state index in [2.05, 4.69) is 10.3 Å². The van der Waals surface area contributed by atoms with E-state index < -0.39 is 18.5 Å². The molecule has 0 aliphatic heterocycles. The minimum Gasteiger partial charge on any atom is -0.455 e. The zero-order chi connectivity index (χ0) is 20.0. The largest absolute Gasteiger partial charge is 0.455 e. The highest BCUT2D eigenvalue weighted by molar-refractivity contribution is 7.99. The maximum absolute atomic E-state index is 12.0. The number of carbonyl (C=O) groups excluding carboxylic acids is 2. The Labute approximate surface area is 160 Å². The van der Waals surface area contributed by atoms with Gasteiger partial charge in [-0.3, -0.25) is 14.4 Å². The summed E-state index contributed by atoms with van der Waals surface area (Å²) in [5, 5.41) is 12.2. The van der Waals surface area contributed by atoms with Crippen LogP contribution in [0.25, 0.3) is 0 Å². The van der Waals surface area contributed by atoms with E-state index in [0.717, 1.165) is 22.9 Å². The number of aryl methyl sites for hydroxylation is 3. The first kappa shape index (κ1) is 20.3. The molecule has 0 spiro atoms. The molecule has 0 aliphatic rings. The monoisotopic (exact) mass is 385 g/mol. The van der Waals surface area contributed by atoms with Gasteiger partial charge >= 0.3 is 5.97 Å². The molecule has 1 amide bonds. The Balaban J connectivity index is 1.89. The molecule has 2 rings (SSSR count). The van der Waals surface area contributed by atoms with Crippen LogP contribution in [0.1, 0.15) is 22.3 Å². The number of anilines is 1. The van der Waals surface area contributed by atoms with Gasteiger partial charge in [-0.25, -0.2) is 0 Å². The minimum atomic E-state index is -0.622. The average Bonchev–Trinajstić information content (AvgIpc) is 2.61. The van der Waals surface area contributed by atoms with Crippen molar-refractivity contribution in [2.45, 2.75) is 25.8 Å². The molecule has 8 heteroatoms. The average molecular weight is 385 g/mol. The van der Waals surface area contributed by atoms with Gasteiger partial charge in [-0.1, -0.05) is 30.0 Å². The van der Waals surface area contributed by atoms with Crippen molar-refractivity contribution in [3.63, 3.8) is 0 Å². The number of hydrogen-bond donors (Lipinski definition) is 2. The number of pyridine rings is 1. The fourth-order valence-electron chi connectivity index (χ4n) is 2.41. The standard InChI is InChI=1S/C19H19N3O4S/c1-11-5-4-6-12(2)18(11)21-16(24)9-26-17(25)10-27-19-14(8-20)13(3)7-15(23)22-19/h4-7H,9-10H2,1-3H3,(H,21,24)(H,22,23). The Kier molecular flexibility index (Phi) is 6.79. The van der Waals surface area contributed by atoms with E-state index >= 15 is 0 Å². The number of hydrogen-bond acceptors (Lipinski definition) is 6.